The molecule has 1 aromatic rings. The maximum atomic E-state index is 5.35. The third kappa shape index (κ3) is 3.80. The molecule has 1 aliphatic carbocycles. The average Bonchev–Trinajstić information content (AvgIpc) is 2.85. The van der Waals surface area contributed by atoms with Crippen LogP contribution < -0.4 is 16.6 Å². The van der Waals surface area contributed by atoms with Gasteiger partial charge in [-0.15, -0.1) is 0 Å². The number of nitrogen functional groups attached to an aromatic ring is 1. The van der Waals surface area contributed by atoms with Gasteiger partial charge in [-0.3, -0.25) is 4.98 Å². The topological polar surface area (TPSA) is 75.9 Å². The Hall–Kier alpha value is -1.36. The highest BCUT2D eigenvalue weighted by atomic mass is 15.3. The minimum atomic E-state index is 0.433. The van der Waals surface area contributed by atoms with Crippen molar-refractivity contribution in [2.45, 2.75) is 46.0 Å². The van der Waals surface area contributed by atoms with Crippen LogP contribution in [0.1, 0.15) is 46.0 Å². The van der Waals surface area contributed by atoms with Gasteiger partial charge in [0.1, 0.15) is 5.82 Å². The zero-order valence-electron chi connectivity index (χ0n) is 11.9. The molecule has 0 unspecified atom stereocenters. The number of anilines is 2. The summed E-state index contributed by atoms with van der Waals surface area (Å²) in [6.45, 7) is 5.59. The molecule has 0 amide bonds. The van der Waals surface area contributed by atoms with Crippen molar-refractivity contribution in [3.8, 4) is 0 Å². The summed E-state index contributed by atoms with van der Waals surface area (Å²) in [5.74, 6) is 7.48. The Balaban J connectivity index is 1.98. The van der Waals surface area contributed by atoms with Gasteiger partial charge in [-0.25, -0.2) is 10.8 Å². The Morgan fingerprint density at radius 3 is 2.58 bits per heavy atom. The lowest BCUT2D eigenvalue weighted by molar-refractivity contribution is 0.252. The quantitative estimate of drug-likeness (QED) is 0.543. The summed E-state index contributed by atoms with van der Waals surface area (Å²) in [6.07, 6.45) is 9.99. The number of hydrazine groups is 1. The molecule has 0 aliphatic heterocycles. The molecule has 5 nitrogen and oxygen atoms in total. The normalized spacial score (nSPS) is 17.7. The van der Waals surface area contributed by atoms with Crippen LogP contribution in [0.5, 0.6) is 0 Å². The highest BCUT2D eigenvalue weighted by Gasteiger charge is 2.34. The number of rotatable bonds is 6. The molecule has 5 heteroatoms. The molecular weight excluding hydrogens is 238 g/mol. The first-order chi connectivity index (χ1) is 9.13. The maximum Gasteiger partial charge on any atom is 0.160 e. The monoisotopic (exact) mass is 263 g/mol. The number of hydrogen-bond donors (Lipinski definition) is 3. The van der Waals surface area contributed by atoms with E-state index in [2.05, 4.69) is 34.6 Å². The van der Waals surface area contributed by atoms with E-state index in [-0.39, 0.29) is 0 Å². The molecule has 1 aliphatic rings. The van der Waals surface area contributed by atoms with Crippen LogP contribution >= 0.6 is 0 Å². The smallest absolute Gasteiger partial charge is 0.160 e. The Bertz CT molecular complexity index is 399. The van der Waals surface area contributed by atoms with Gasteiger partial charge in [0.2, 0.25) is 0 Å². The summed E-state index contributed by atoms with van der Waals surface area (Å²) >= 11 is 0. The van der Waals surface area contributed by atoms with Gasteiger partial charge in [0, 0.05) is 6.54 Å². The van der Waals surface area contributed by atoms with Gasteiger partial charge < -0.3 is 10.7 Å². The predicted octanol–water partition coefficient (Wildman–Crippen LogP) is 2.78. The third-order valence-corrected chi connectivity index (χ3v) is 3.93. The van der Waals surface area contributed by atoms with Gasteiger partial charge in [-0.05, 0) is 30.6 Å². The molecule has 0 bridgehead atoms. The first kappa shape index (κ1) is 14.1. The molecule has 4 N–H and O–H groups in total. The van der Waals surface area contributed by atoms with E-state index in [1.54, 1.807) is 12.4 Å². The lowest BCUT2D eigenvalue weighted by atomic mass is 9.78. The molecule has 0 spiro atoms. The number of hydrogen-bond acceptors (Lipinski definition) is 5. The lowest BCUT2D eigenvalue weighted by Gasteiger charge is -2.31. The number of nitrogens with zero attached hydrogens (tertiary/aromatic N) is 2. The molecule has 106 valence electrons. The van der Waals surface area contributed by atoms with Crippen molar-refractivity contribution >= 4 is 11.6 Å². The minimum Gasteiger partial charge on any atom is -0.368 e. The van der Waals surface area contributed by atoms with Crippen LogP contribution in [0.15, 0.2) is 12.4 Å². The molecule has 2 rings (SSSR count). The fourth-order valence-electron chi connectivity index (χ4n) is 3.24. The fourth-order valence-corrected chi connectivity index (χ4v) is 3.24. The van der Waals surface area contributed by atoms with Gasteiger partial charge in [0.25, 0.3) is 0 Å². The average molecular weight is 263 g/mol. The molecular formula is C14H25N5. The second-order valence-corrected chi connectivity index (χ2v) is 6.09. The standard InChI is InChI=1S/C14H25N5/c1-11(2)7-14(5-3-4-6-14)10-17-12-8-16-9-13(18-12)19-15/h8-9,11H,3-7,10,15H2,1-2H3,(H2,17,18,19). The zero-order valence-corrected chi connectivity index (χ0v) is 11.9. The van der Waals surface area contributed by atoms with Crippen LogP contribution in [0.3, 0.4) is 0 Å². The van der Waals surface area contributed by atoms with E-state index in [9.17, 15) is 0 Å². The van der Waals surface area contributed by atoms with E-state index in [4.69, 9.17) is 5.84 Å². The van der Waals surface area contributed by atoms with Crippen LogP contribution in [-0.4, -0.2) is 16.5 Å². The second kappa shape index (κ2) is 6.19. The first-order valence-corrected chi connectivity index (χ1v) is 7.16. The van der Waals surface area contributed by atoms with Gasteiger partial charge in [0.15, 0.2) is 5.82 Å². The van der Waals surface area contributed by atoms with Crippen molar-refractivity contribution in [1.29, 1.82) is 0 Å². The van der Waals surface area contributed by atoms with Gasteiger partial charge in [-0.2, -0.15) is 0 Å². The number of nitrogens with two attached hydrogens (primary N) is 1. The molecule has 0 aromatic carbocycles. The van der Waals surface area contributed by atoms with Gasteiger partial charge >= 0.3 is 0 Å². The zero-order chi connectivity index (χ0) is 13.7. The molecule has 1 heterocycles. The molecule has 1 saturated carbocycles. The van der Waals surface area contributed by atoms with E-state index in [1.807, 2.05) is 0 Å². The summed E-state index contributed by atoms with van der Waals surface area (Å²) in [5.41, 5.74) is 2.96. The summed E-state index contributed by atoms with van der Waals surface area (Å²) in [5, 5.41) is 3.44. The van der Waals surface area contributed by atoms with Crippen molar-refractivity contribution in [2.24, 2.45) is 17.2 Å². The largest absolute Gasteiger partial charge is 0.368 e. The summed E-state index contributed by atoms with van der Waals surface area (Å²) in [4.78, 5) is 8.47. The maximum absolute atomic E-state index is 5.35. The van der Waals surface area contributed by atoms with E-state index in [0.29, 0.717) is 11.2 Å². The van der Waals surface area contributed by atoms with E-state index in [1.165, 1.54) is 32.1 Å². The van der Waals surface area contributed by atoms with E-state index >= 15 is 0 Å². The second-order valence-electron chi connectivity index (χ2n) is 6.09. The Morgan fingerprint density at radius 1 is 1.26 bits per heavy atom. The van der Waals surface area contributed by atoms with E-state index < -0.39 is 0 Å². The van der Waals surface area contributed by atoms with Gasteiger partial charge in [-0.1, -0.05) is 26.7 Å². The van der Waals surface area contributed by atoms with Crippen molar-refractivity contribution < 1.29 is 0 Å². The van der Waals surface area contributed by atoms with Gasteiger partial charge in [0.05, 0.1) is 12.4 Å². The fraction of sp³-hybridized carbons (Fsp3) is 0.714. The summed E-state index contributed by atoms with van der Waals surface area (Å²) in [7, 11) is 0. The van der Waals surface area contributed by atoms with Crippen molar-refractivity contribution in [2.75, 3.05) is 17.3 Å². The van der Waals surface area contributed by atoms with Crippen molar-refractivity contribution in [3.63, 3.8) is 0 Å². The van der Waals surface area contributed by atoms with Crippen molar-refractivity contribution in [1.82, 2.24) is 9.97 Å². The molecule has 0 atom stereocenters. The van der Waals surface area contributed by atoms with Crippen LogP contribution in [0, 0.1) is 11.3 Å². The molecule has 0 radical (unpaired) electrons. The van der Waals surface area contributed by atoms with Crippen molar-refractivity contribution in [3.05, 3.63) is 12.4 Å². The highest BCUT2D eigenvalue weighted by Crippen LogP contribution is 2.43. The number of nitrogens with one attached hydrogen (secondary N) is 2. The summed E-state index contributed by atoms with van der Waals surface area (Å²) < 4.78 is 0. The lowest BCUT2D eigenvalue weighted by Crippen LogP contribution is -2.29. The highest BCUT2D eigenvalue weighted by molar-refractivity contribution is 5.40. The predicted molar refractivity (Wildman–Crippen MR) is 78.7 cm³/mol. The Morgan fingerprint density at radius 2 is 1.95 bits per heavy atom. The Kier molecular flexibility index (Phi) is 4.58. The third-order valence-electron chi connectivity index (χ3n) is 3.93. The molecule has 1 fully saturated rings. The van der Waals surface area contributed by atoms with Crippen LogP contribution in [-0.2, 0) is 0 Å². The van der Waals surface area contributed by atoms with Crippen LogP contribution in [0.2, 0.25) is 0 Å². The summed E-state index contributed by atoms with van der Waals surface area (Å²) in [6, 6.07) is 0. The van der Waals surface area contributed by atoms with Crippen LogP contribution in [0.25, 0.3) is 0 Å². The SMILES string of the molecule is CC(C)CC1(CNc2cncc(NN)n2)CCCC1. The van der Waals surface area contributed by atoms with E-state index in [0.717, 1.165) is 18.3 Å². The first-order valence-electron chi connectivity index (χ1n) is 7.16. The van der Waals surface area contributed by atoms with Crippen LogP contribution in [0.4, 0.5) is 11.6 Å². The molecule has 1 aromatic heterocycles. The molecule has 19 heavy (non-hydrogen) atoms. The Labute approximate surface area is 115 Å². The minimum absolute atomic E-state index is 0.433. The number of aromatic nitrogens is 2. The molecule has 0 saturated heterocycles.